The predicted molar refractivity (Wildman–Crippen MR) is 78.7 cm³/mol. The van der Waals surface area contributed by atoms with Crippen LogP contribution in [0.4, 0.5) is 8.78 Å². The molecular formula is C14H12BrF2NO2S. The maximum atomic E-state index is 13.7. The molecule has 0 aliphatic heterocycles. The maximum absolute atomic E-state index is 13.7. The highest BCUT2D eigenvalue weighted by atomic mass is 79.9. The molecule has 7 heteroatoms. The van der Waals surface area contributed by atoms with Gasteiger partial charge in [-0.15, -0.1) is 0 Å². The summed E-state index contributed by atoms with van der Waals surface area (Å²) in [5, 5.41) is 0. The van der Waals surface area contributed by atoms with Gasteiger partial charge in [0.1, 0.15) is 16.5 Å². The average Bonchev–Trinajstić information content (AvgIpc) is 2.39. The summed E-state index contributed by atoms with van der Waals surface area (Å²) < 4.78 is 51.9. The van der Waals surface area contributed by atoms with Crippen LogP contribution in [0.15, 0.2) is 33.8 Å². The number of hydrogen-bond donors (Lipinski definition) is 0. The van der Waals surface area contributed by atoms with E-state index in [1.54, 1.807) is 20.0 Å². The van der Waals surface area contributed by atoms with E-state index in [0.717, 1.165) is 17.7 Å². The number of aryl methyl sites for hydroxylation is 1. The van der Waals surface area contributed by atoms with Crippen molar-refractivity contribution in [3.05, 3.63) is 57.3 Å². The van der Waals surface area contributed by atoms with Crippen LogP contribution in [0.5, 0.6) is 0 Å². The minimum Gasteiger partial charge on any atom is -0.260 e. The van der Waals surface area contributed by atoms with Crippen molar-refractivity contribution in [3.8, 4) is 0 Å². The smallest absolute Gasteiger partial charge is 0.185 e. The molecule has 1 aromatic carbocycles. The topological polar surface area (TPSA) is 47.0 Å². The van der Waals surface area contributed by atoms with Gasteiger partial charge in [-0.25, -0.2) is 17.2 Å². The first-order valence-corrected chi connectivity index (χ1v) is 8.45. The zero-order valence-corrected chi connectivity index (χ0v) is 13.7. The van der Waals surface area contributed by atoms with Crippen LogP contribution in [0, 0.1) is 25.5 Å². The van der Waals surface area contributed by atoms with Crippen molar-refractivity contribution in [2.24, 2.45) is 0 Å². The summed E-state index contributed by atoms with van der Waals surface area (Å²) in [4.78, 5) is 3.58. The Hall–Kier alpha value is -1.34. The first-order chi connectivity index (χ1) is 9.72. The third-order valence-corrected chi connectivity index (χ3v) is 5.65. The standard InChI is InChI=1S/C14H12BrF2NO2S/c1-8-11(9(2)18-6-12(8)15)7-21(19,20)14-4-3-10(16)5-13(14)17/h3-6H,7H2,1-2H3. The first kappa shape index (κ1) is 16.0. The Morgan fingerprint density at radius 2 is 1.90 bits per heavy atom. The summed E-state index contributed by atoms with van der Waals surface area (Å²) in [6, 6.07) is 2.43. The van der Waals surface area contributed by atoms with Gasteiger partial charge in [0.05, 0.1) is 5.75 Å². The maximum Gasteiger partial charge on any atom is 0.185 e. The van der Waals surface area contributed by atoms with E-state index in [2.05, 4.69) is 20.9 Å². The minimum atomic E-state index is -3.93. The number of rotatable bonds is 3. The predicted octanol–water partition coefficient (Wildman–Crippen LogP) is 3.71. The molecule has 2 rings (SSSR count). The highest BCUT2D eigenvalue weighted by Gasteiger charge is 2.23. The van der Waals surface area contributed by atoms with Crippen molar-refractivity contribution < 1.29 is 17.2 Å². The number of benzene rings is 1. The van der Waals surface area contributed by atoms with Crippen LogP contribution in [-0.4, -0.2) is 13.4 Å². The summed E-state index contributed by atoms with van der Waals surface area (Å²) in [5.74, 6) is -2.30. The van der Waals surface area contributed by atoms with Crippen LogP contribution >= 0.6 is 15.9 Å². The second kappa shape index (κ2) is 5.81. The zero-order valence-electron chi connectivity index (χ0n) is 11.3. The molecule has 0 aliphatic rings. The second-order valence-corrected chi connectivity index (χ2v) is 7.44. The van der Waals surface area contributed by atoms with Crippen LogP contribution in [0.25, 0.3) is 0 Å². The van der Waals surface area contributed by atoms with E-state index in [-0.39, 0.29) is 5.75 Å². The average molecular weight is 376 g/mol. The summed E-state index contributed by atoms with van der Waals surface area (Å²) >= 11 is 3.29. The number of aromatic nitrogens is 1. The van der Waals surface area contributed by atoms with Crippen molar-refractivity contribution in [1.82, 2.24) is 4.98 Å². The Kier molecular flexibility index (Phi) is 4.43. The normalized spacial score (nSPS) is 11.7. The summed E-state index contributed by atoms with van der Waals surface area (Å²) in [6.07, 6.45) is 1.58. The molecule has 0 amide bonds. The lowest BCUT2D eigenvalue weighted by molar-refractivity contribution is 0.548. The molecule has 0 saturated heterocycles. The van der Waals surface area contributed by atoms with Crippen LogP contribution < -0.4 is 0 Å². The Balaban J connectivity index is 2.50. The highest BCUT2D eigenvalue weighted by Crippen LogP contribution is 2.26. The van der Waals surface area contributed by atoms with Crippen molar-refractivity contribution in [3.63, 3.8) is 0 Å². The number of hydrogen-bond acceptors (Lipinski definition) is 3. The summed E-state index contributed by atoms with van der Waals surface area (Å²) in [6.45, 7) is 3.44. The fourth-order valence-electron chi connectivity index (χ4n) is 1.95. The van der Waals surface area contributed by atoms with Crippen LogP contribution in [0.3, 0.4) is 0 Å². The Bertz CT molecular complexity index is 807. The number of sulfone groups is 1. The molecule has 112 valence electrons. The van der Waals surface area contributed by atoms with E-state index in [9.17, 15) is 17.2 Å². The molecule has 3 nitrogen and oxygen atoms in total. The molecule has 1 aromatic heterocycles. The molecular weight excluding hydrogens is 364 g/mol. The van der Waals surface area contributed by atoms with Gasteiger partial charge in [0, 0.05) is 22.4 Å². The molecule has 0 aliphatic carbocycles. The molecule has 1 heterocycles. The van der Waals surface area contributed by atoms with Crippen molar-refractivity contribution in [2.45, 2.75) is 24.5 Å². The lowest BCUT2D eigenvalue weighted by atomic mass is 10.1. The lowest BCUT2D eigenvalue weighted by Crippen LogP contribution is -2.10. The van der Waals surface area contributed by atoms with Gasteiger partial charge in [-0.05, 0) is 53.0 Å². The van der Waals surface area contributed by atoms with Crippen molar-refractivity contribution in [2.75, 3.05) is 0 Å². The molecule has 0 N–H and O–H groups in total. The van der Waals surface area contributed by atoms with Crippen LogP contribution in [0.2, 0.25) is 0 Å². The number of nitrogens with zero attached hydrogens (tertiary/aromatic N) is 1. The third-order valence-electron chi connectivity index (χ3n) is 3.18. The Labute approximate surface area is 130 Å². The number of pyridine rings is 1. The largest absolute Gasteiger partial charge is 0.260 e. The SMILES string of the molecule is Cc1ncc(Br)c(C)c1CS(=O)(=O)c1ccc(F)cc1F. The van der Waals surface area contributed by atoms with Gasteiger partial charge in [0.2, 0.25) is 0 Å². The van der Waals surface area contributed by atoms with Gasteiger partial charge in [-0.2, -0.15) is 0 Å². The summed E-state index contributed by atoms with van der Waals surface area (Å²) in [5.41, 5.74) is 1.79. The first-order valence-electron chi connectivity index (χ1n) is 6.01. The minimum absolute atomic E-state index is 0.389. The van der Waals surface area contributed by atoms with Crippen molar-refractivity contribution >= 4 is 25.8 Å². The van der Waals surface area contributed by atoms with Gasteiger partial charge >= 0.3 is 0 Å². The monoisotopic (exact) mass is 375 g/mol. The van der Waals surface area contributed by atoms with Gasteiger partial charge in [0.15, 0.2) is 9.84 Å². The molecule has 0 unspecified atom stereocenters. The van der Waals surface area contributed by atoms with Crippen LogP contribution in [-0.2, 0) is 15.6 Å². The highest BCUT2D eigenvalue weighted by molar-refractivity contribution is 9.10. The molecule has 0 saturated carbocycles. The van der Waals surface area contributed by atoms with E-state index in [0.29, 0.717) is 21.8 Å². The fraction of sp³-hybridized carbons (Fsp3) is 0.214. The van der Waals surface area contributed by atoms with E-state index < -0.39 is 26.4 Å². The molecule has 0 bridgehead atoms. The van der Waals surface area contributed by atoms with E-state index in [1.165, 1.54) is 0 Å². The molecule has 0 fully saturated rings. The van der Waals surface area contributed by atoms with Crippen molar-refractivity contribution in [1.29, 1.82) is 0 Å². The molecule has 21 heavy (non-hydrogen) atoms. The second-order valence-electron chi connectivity index (χ2n) is 4.63. The Morgan fingerprint density at radius 3 is 2.52 bits per heavy atom. The fourth-order valence-corrected chi connectivity index (χ4v) is 3.89. The van der Waals surface area contributed by atoms with E-state index in [1.807, 2.05) is 0 Å². The van der Waals surface area contributed by atoms with Gasteiger partial charge in [-0.3, -0.25) is 4.98 Å². The molecule has 2 aromatic rings. The molecule has 0 radical (unpaired) electrons. The van der Waals surface area contributed by atoms with Crippen LogP contribution in [0.1, 0.15) is 16.8 Å². The quantitative estimate of drug-likeness (QED) is 0.768. The molecule has 0 atom stereocenters. The lowest BCUT2D eigenvalue weighted by Gasteiger charge is -2.12. The third kappa shape index (κ3) is 3.29. The summed E-state index contributed by atoms with van der Waals surface area (Å²) in [7, 11) is -3.93. The van der Waals surface area contributed by atoms with E-state index >= 15 is 0 Å². The van der Waals surface area contributed by atoms with Gasteiger partial charge in [-0.1, -0.05) is 0 Å². The molecule has 0 spiro atoms. The van der Waals surface area contributed by atoms with E-state index in [4.69, 9.17) is 0 Å². The zero-order chi connectivity index (χ0) is 15.8. The Morgan fingerprint density at radius 1 is 1.24 bits per heavy atom. The number of halogens is 3. The van der Waals surface area contributed by atoms with Gasteiger partial charge < -0.3 is 0 Å². The van der Waals surface area contributed by atoms with Gasteiger partial charge in [0.25, 0.3) is 0 Å².